The van der Waals surface area contributed by atoms with Gasteiger partial charge in [-0.3, -0.25) is 4.79 Å². The van der Waals surface area contributed by atoms with Gasteiger partial charge in [0.05, 0.1) is 12.6 Å². The summed E-state index contributed by atoms with van der Waals surface area (Å²) in [6.07, 6.45) is 0. The zero-order chi connectivity index (χ0) is 25.2. The third-order valence-electron chi connectivity index (χ3n) is 5.52. The number of rotatable bonds is 12. The minimum Gasteiger partial charge on any atom is -0.494 e. The number of carbonyl (C=O) groups excluding carboxylic acids is 1. The summed E-state index contributed by atoms with van der Waals surface area (Å²) in [6.45, 7) is 3.36. The van der Waals surface area contributed by atoms with Crippen LogP contribution in [-0.4, -0.2) is 63.7 Å². The van der Waals surface area contributed by atoms with Crippen LogP contribution in [0, 0.1) is 0 Å². The minimum absolute atomic E-state index is 0.0105. The number of hydrogen-bond acceptors (Lipinski definition) is 6. The first-order chi connectivity index (χ1) is 16.9. The van der Waals surface area contributed by atoms with E-state index in [1.807, 2.05) is 102 Å². The Labute approximate surface area is 213 Å². The van der Waals surface area contributed by atoms with Crippen LogP contribution in [0.15, 0.2) is 83.8 Å². The zero-order valence-corrected chi connectivity index (χ0v) is 22.0. The fourth-order valence-electron chi connectivity index (χ4n) is 3.62. The second kappa shape index (κ2) is 13.1. The molecule has 3 aromatic rings. The Morgan fingerprint density at radius 2 is 1.43 bits per heavy atom. The van der Waals surface area contributed by atoms with E-state index in [0.717, 1.165) is 28.4 Å². The predicted molar refractivity (Wildman–Crippen MR) is 144 cm³/mol. The van der Waals surface area contributed by atoms with Crippen LogP contribution < -0.4 is 13.8 Å². The van der Waals surface area contributed by atoms with E-state index in [0.29, 0.717) is 12.4 Å². The van der Waals surface area contributed by atoms with Crippen molar-refractivity contribution in [2.75, 3.05) is 52.3 Å². The van der Waals surface area contributed by atoms with Crippen molar-refractivity contribution >= 4 is 23.5 Å². The van der Waals surface area contributed by atoms with Gasteiger partial charge in [0.25, 0.3) is 5.91 Å². The molecule has 186 valence electrons. The molecule has 0 aromatic heterocycles. The molecule has 0 aliphatic carbocycles. The summed E-state index contributed by atoms with van der Waals surface area (Å²) in [5, 5.41) is 0. The molecule has 0 spiro atoms. The van der Waals surface area contributed by atoms with Gasteiger partial charge in [-0.25, -0.2) is 0 Å². The second-order valence-electron chi connectivity index (χ2n) is 8.47. The van der Waals surface area contributed by atoms with Crippen LogP contribution in [0.4, 0.5) is 5.69 Å². The molecular weight excluding hydrogens is 458 g/mol. The number of anilines is 1. The van der Waals surface area contributed by atoms with Crippen molar-refractivity contribution in [3.63, 3.8) is 0 Å². The summed E-state index contributed by atoms with van der Waals surface area (Å²) >= 11 is 1.63. The van der Waals surface area contributed by atoms with Crippen LogP contribution in [0.2, 0.25) is 0 Å². The van der Waals surface area contributed by atoms with Gasteiger partial charge in [-0.1, -0.05) is 30.3 Å². The molecule has 6 nitrogen and oxygen atoms in total. The highest BCUT2D eigenvalue weighted by Crippen LogP contribution is 2.30. The van der Waals surface area contributed by atoms with Crippen LogP contribution in [-0.2, 0) is 4.79 Å². The van der Waals surface area contributed by atoms with Crippen molar-refractivity contribution < 1.29 is 14.3 Å². The number of hydrogen-bond donors (Lipinski definition) is 0. The quantitative estimate of drug-likeness (QED) is 0.316. The summed E-state index contributed by atoms with van der Waals surface area (Å²) in [4.78, 5) is 17.9. The van der Waals surface area contributed by atoms with E-state index >= 15 is 0 Å². The molecule has 0 fully saturated rings. The lowest BCUT2D eigenvalue weighted by Crippen LogP contribution is -2.39. The van der Waals surface area contributed by atoms with Crippen molar-refractivity contribution in [1.29, 1.82) is 0 Å². The largest absolute Gasteiger partial charge is 0.494 e. The highest BCUT2D eigenvalue weighted by molar-refractivity contribution is 8.00. The van der Waals surface area contributed by atoms with E-state index in [1.54, 1.807) is 16.8 Å². The Balaban J connectivity index is 1.55. The first-order valence-electron chi connectivity index (χ1n) is 11.7. The minimum atomic E-state index is -0.0621. The smallest absolute Gasteiger partial charge is 0.260 e. The van der Waals surface area contributed by atoms with Gasteiger partial charge >= 0.3 is 0 Å². The van der Waals surface area contributed by atoms with Crippen molar-refractivity contribution in [3.05, 3.63) is 84.4 Å². The van der Waals surface area contributed by atoms with E-state index in [-0.39, 0.29) is 18.6 Å². The summed E-state index contributed by atoms with van der Waals surface area (Å²) in [5.41, 5.74) is 2.14. The van der Waals surface area contributed by atoms with Gasteiger partial charge in [0, 0.05) is 31.2 Å². The molecular formula is C28H35N3O3S. The summed E-state index contributed by atoms with van der Waals surface area (Å²) in [6, 6.07) is 25.9. The maximum atomic E-state index is 12.9. The van der Waals surface area contributed by atoms with Crippen LogP contribution in [0.1, 0.15) is 18.5 Å². The molecule has 0 saturated carbocycles. The highest BCUT2D eigenvalue weighted by Gasteiger charge is 2.22. The molecule has 35 heavy (non-hydrogen) atoms. The lowest BCUT2D eigenvalue weighted by molar-refractivity contribution is -0.134. The molecule has 0 N–H and O–H groups in total. The Hall–Kier alpha value is -3.16. The van der Waals surface area contributed by atoms with Crippen molar-refractivity contribution in [1.82, 2.24) is 9.80 Å². The molecule has 1 atom stereocenters. The highest BCUT2D eigenvalue weighted by atomic mass is 32.2. The fraction of sp³-hybridized carbons (Fsp3) is 0.321. The maximum Gasteiger partial charge on any atom is 0.260 e. The number of likely N-dealkylation sites (N-methyl/N-ethyl adjacent to an activating group) is 2. The molecule has 3 aromatic carbocycles. The number of benzene rings is 3. The Kier molecular flexibility index (Phi) is 9.87. The van der Waals surface area contributed by atoms with Crippen molar-refractivity contribution in [3.8, 4) is 11.5 Å². The fourth-order valence-corrected chi connectivity index (χ4v) is 4.42. The molecule has 1 unspecified atom stereocenters. The SMILES string of the molecule is CCOc1ccc(SN(C)c2ccc(OCC(=O)N(C)C(CN(C)C)c3ccccc3)cc2)cc1. The van der Waals surface area contributed by atoms with E-state index in [4.69, 9.17) is 9.47 Å². The first-order valence-corrected chi connectivity index (χ1v) is 12.5. The maximum absolute atomic E-state index is 12.9. The lowest BCUT2D eigenvalue weighted by Gasteiger charge is -2.31. The number of amides is 1. The standard InChI is InChI=1S/C28H35N3O3S/c1-6-33-24-16-18-26(19-17-24)35-31(5)23-12-14-25(15-13-23)34-21-28(32)30(4)27(20-29(2)3)22-10-8-7-9-11-22/h7-19,27H,6,20-21H2,1-5H3. The molecule has 0 radical (unpaired) electrons. The Bertz CT molecular complexity index is 1040. The van der Waals surface area contributed by atoms with Gasteiger partial charge in [0.15, 0.2) is 6.61 Å². The van der Waals surface area contributed by atoms with Crippen LogP contribution in [0.3, 0.4) is 0 Å². The lowest BCUT2D eigenvalue weighted by atomic mass is 10.1. The van der Waals surface area contributed by atoms with Gasteiger partial charge < -0.3 is 23.6 Å². The molecule has 1 amide bonds. The molecule has 7 heteroatoms. The van der Waals surface area contributed by atoms with Gasteiger partial charge in [-0.05, 0) is 87.1 Å². The normalized spacial score (nSPS) is 11.7. The van der Waals surface area contributed by atoms with E-state index in [2.05, 4.69) is 21.3 Å². The van der Waals surface area contributed by atoms with Crippen molar-refractivity contribution in [2.24, 2.45) is 0 Å². The molecule has 0 aliphatic rings. The molecule has 0 aliphatic heterocycles. The number of carbonyl (C=O) groups is 1. The average molecular weight is 494 g/mol. The van der Waals surface area contributed by atoms with Gasteiger partial charge in [-0.2, -0.15) is 0 Å². The second-order valence-corrected chi connectivity index (χ2v) is 9.67. The summed E-state index contributed by atoms with van der Waals surface area (Å²) in [5.74, 6) is 1.48. The number of ether oxygens (including phenoxy) is 2. The van der Waals surface area contributed by atoms with Crippen molar-refractivity contribution in [2.45, 2.75) is 17.9 Å². The monoisotopic (exact) mass is 493 g/mol. The van der Waals surface area contributed by atoms with E-state index < -0.39 is 0 Å². The zero-order valence-electron chi connectivity index (χ0n) is 21.2. The Morgan fingerprint density at radius 1 is 0.829 bits per heavy atom. The molecule has 0 bridgehead atoms. The summed E-state index contributed by atoms with van der Waals surface area (Å²) < 4.78 is 13.4. The van der Waals surface area contributed by atoms with Crippen LogP contribution in [0.5, 0.6) is 11.5 Å². The van der Waals surface area contributed by atoms with Gasteiger partial charge in [-0.15, -0.1) is 0 Å². The average Bonchev–Trinajstić information content (AvgIpc) is 2.87. The Morgan fingerprint density at radius 3 is 2.03 bits per heavy atom. The molecule has 0 heterocycles. The summed E-state index contributed by atoms with van der Waals surface area (Å²) in [7, 11) is 7.88. The molecule has 3 rings (SSSR count). The third kappa shape index (κ3) is 7.94. The van der Waals surface area contributed by atoms with Crippen LogP contribution >= 0.6 is 11.9 Å². The van der Waals surface area contributed by atoms with Gasteiger partial charge in [0.1, 0.15) is 11.5 Å². The van der Waals surface area contributed by atoms with E-state index in [9.17, 15) is 4.79 Å². The number of nitrogens with zero attached hydrogens (tertiary/aromatic N) is 3. The van der Waals surface area contributed by atoms with Gasteiger partial charge in [0.2, 0.25) is 0 Å². The van der Waals surface area contributed by atoms with Crippen LogP contribution in [0.25, 0.3) is 0 Å². The predicted octanol–water partition coefficient (Wildman–Crippen LogP) is 5.37. The molecule has 0 saturated heterocycles. The topological polar surface area (TPSA) is 45.3 Å². The van der Waals surface area contributed by atoms with E-state index in [1.165, 1.54) is 0 Å². The first kappa shape index (κ1) is 26.4. The third-order valence-corrected chi connectivity index (χ3v) is 6.49.